The summed E-state index contributed by atoms with van der Waals surface area (Å²) >= 11 is 0. The molecule has 2 aliphatic heterocycles. The molecule has 1 N–H and O–H groups in total. The lowest BCUT2D eigenvalue weighted by atomic mass is 9.81. The molecule has 102 valence electrons. The maximum absolute atomic E-state index is 10.4. The van der Waals surface area contributed by atoms with Crippen molar-refractivity contribution in [1.29, 1.82) is 0 Å². The summed E-state index contributed by atoms with van der Waals surface area (Å²) in [6.07, 6.45) is 3.94. The number of hydrogen-bond acceptors (Lipinski definition) is 3. The average molecular weight is 252 g/mol. The highest BCUT2D eigenvalue weighted by Crippen LogP contribution is 2.52. The Hall–Kier alpha value is -0.380. The Morgan fingerprint density at radius 2 is 1.94 bits per heavy atom. The van der Waals surface area contributed by atoms with Crippen molar-refractivity contribution >= 4 is 0 Å². The van der Waals surface area contributed by atoms with Crippen LogP contribution in [-0.4, -0.2) is 34.6 Å². The molecule has 0 spiro atoms. The predicted molar refractivity (Wildman–Crippen MR) is 69.3 cm³/mol. The number of fused-ring (bicyclic) bond motifs is 2. The molecule has 3 fully saturated rings. The SMILES string of the molecule is C=C(C)[C@H]1C[C@@H]2O[C@@]2(C)CC[C@H]2O[C@]2(C)[C@@H](O)C1. The lowest BCUT2D eigenvalue weighted by molar-refractivity contribution is 0.0650. The molecule has 3 heteroatoms. The topological polar surface area (TPSA) is 45.3 Å². The number of epoxide rings is 2. The van der Waals surface area contributed by atoms with Crippen molar-refractivity contribution < 1.29 is 14.6 Å². The van der Waals surface area contributed by atoms with Gasteiger partial charge in [-0.2, -0.15) is 0 Å². The first-order chi connectivity index (χ1) is 8.35. The molecule has 0 radical (unpaired) electrons. The molecule has 3 aliphatic rings. The van der Waals surface area contributed by atoms with Crippen molar-refractivity contribution in [3.8, 4) is 0 Å². The summed E-state index contributed by atoms with van der Waals surface area (Å²) in [6.45, 7) is 10.4. The van der Waals surface area contributed by atoms with Gasteiger partial charge in [-0.05, 0) is 52.4 Å². The van der Waals surface area contributed by atoms with Crippen molar-refractivity contribution in [3.63, 3.8) is 0 Å². The lowest BCUT2D eigenvalue weighted by Crippen LogP contribution is -2.33. The van der Waals surface area contributed by atoms with Crippen LogP contribution in [0, 0.1) is 5.92 Å². The Morgan fingerprint density at radius 3 is 2.61 bits per heavy atom. The minimum atomic E-state index is -0.382. The molecule has 1 aliphatic carbocycles. The van der Waals surface area contributed by atoms with Gasteiger partial charge >= 0.3 is 0 Å². The van der Waals surface area contributed by atoms with Crippen molar-refractivity contribution in [2.45, 2.75) is 76.0 Å². The molecule has 18 heavy (non-hydrogen) atoms. The standard InChI is InChI=1S/C15H24O3/c1-9(2)10-7-11(16)15(4)12(18-15)5-6-14(3)13(8-10)17-14/h10-13,16H,1,5-8H2,2-4H3/t10-,11+,12-,13+,14+,15-/m1/s1. The summed E-state index contributed by atoms with van der Waals surface area (Å²) in [5.74, 6) is 0.339. The molecule has 0 bridgehead atoms. The van der Waals surface area contributed by atoms with Gasteiger partial charge in [0.25, 0.3) is 0 Å². The van der Waals surface area contributed by atoms with Gasteiger partial charge in [-0.15, -0.1) is 0 Å². The van der Waals surface area contributed by atoms with Crippen molar-refractivity contribution in [2.75, 3.05) is 0 Å². The number of allylic oxidation sites excluding steroid dienone is 1. The quantitative estimate of drug-likeness (QED) is 0.576. The van der Waals surface area contributed by atoms with Gasteiger partial charge < -0.3 is 14.6 Å². The van der Waals surface area contributed by atoms with Gasteiger partial charge in [0.1, 0.15) is 5.60 Å². The van der Waals surface area contributed by atoms with Gasteiger partial charge in [0, 0.05) is 0 Å². The molecule has 0 aromatic heterocycles. The third kappa shape index (κ3) is 1.93. The van der Waals surface area contributed by atoms with E-state index < -0.39 is 0 Å². The first-order valence-electron chi connectivity index (χ1n) is 7.04. The second-order valence-electron chi connectivity index (χ2n) is 6.78. The van der Waals surface area contributed by atoms with Crippen LogP contribution in [0.2, 0.25) is 0 Å². The maximum Gasteiger partial charge on any atom is 0.118 e. The van der Waals surface area contributed by atoms with Crippen molar-refractivity contribution in [1.82, 2.24) is 0 Å². The molecule has 0 aromatic carbocycles. The Kier molecular flexibility index (Phi) is 2.68. The number of aliphatic hydroxyl groups is 1. The van der Waals surface area contributed by atoms with Gasteiger partial charge in [-0.1, -0.05) is 12.2 Å². The highest BCUT2D eigenvalue weighted by molar-refractivity contribution is 5.12. The Morgan fingerprint density at radius 1 is 1.22 bits per heavy atom. The monoisotopic (exact) mass is 252 g/mol. The zero-order chi connectivity index (χ0) is 13.1. The van der Waals surface area contributed by atoms with Crippen LogP contribution in [0.15, 0.2) is 12.2 Å². The van der Waals surface area contributed by atoms with E-state index in [1.54, 1.807) is 0 Å². The fourth-order valence-electron chi connectivity index (χ4n) is 3.40. The first-order valence-corrected chi connectivity index (χ1v) is 7.04. The second kappa shape index (κ2) is 3.81. The van der Waals surface area contributed by atoms with E-state index in [0.717, 1.165) is 31.3 Å². The molecular weight excluding hydrogens is 228 g/mol. The van der Waals surface area contributed by atoms with E-state index in [2.05, 4.69) is 20.4 Å². The third-order valence-electron chi connectivity index (χ3n) is 5.28. The fraction of sp³-hybridized carbons (Fsp3) is 0.867. The molecule has 3 nitrogen and oxygen atoms in total. The Bertz CT molecular complexity index is 380. The molecule has 0 aromatic rings. The molecule has 0 amide bonds. The molecule has 3 rings (SSSR count). The summed E-state index contributed by atoms with van der Waals surface area (Å²) in [5.41, 5.74) is 0.863. The molecule has 0 unspecified atom stereocenters. The molecule has 6 atom stereocenters. The van der Waals surface area contributed by atoms with Crippen LogP contribution >= 0.6 is 0 Å². The predicted octanol–water partition coefficient (Wildman–Crippen LogP) is 2.43. The largest absolute Gasteiger partial charge is 0.390 e. The molecular formula is C15H24O3. The van der Waals surface area contributed by atoms with E-state index >= 15 is 0 Å². The Labute approximate surface area is 109 Å². The average Bonchev–Trinajstić information content (AvgIpc) is 3.13. The highest BCUT2D eigenvalue weighted by Gasteiger charge is 2.61. The van der Waals surface area contributed by atoms with Crippen LogP contribution < -0.4 is 0 Å². The van der Waals surface area contributed by atoms with Gasteiger partial charge in [-0.3, -0.25) is 0 Å². The van der Waals surface area contributed by atoms with E-state index in [9.17, 15) is 5.11 Å². The highest BCUT2D eigenvalue weighted by atomic mass is 16.6. The van der Waals surface area contributed by atoms with Crippen molar-refractivity contribution in [3.05, 3.63) is 12.2 Å². The summed E-state index contributed by atoms with van der Waals surface area (Å²) in [6, 6.07) is 0. The van der Waals surface area contributed by atoms with Crippen LogP contribution in [0.5, 0.6) is 0 Å². The third-order valence-corrected chi connectivity index (χ3v) is 5.28. The van der Waals surface area contributed by atoms with Crippen LogP contribution in [0.1, 0.15) is 46.5 Å². The van der Waals surface area contributed by atoms with E-state index in [1.165, 1.54) is 0 Å². The minimum absolute atomic E-state index is 0.0445. The zero-order valence-electron chi connectivity index (χ0n) is 11.6. The minimum Gasteiger partial charge on any atom is -0.390 e. The van der Waals surface area contributed by atoms with Gasteiger partial charge in [0.05, 0.1) is 23.9 Å². The van der Waals surface area contributed by atoms with E-state index in [0.29, 0.717) is 12.0 Å². The summed E-state index contributed by atoms with van der Waals surface area (Å²) < 4.78 is 11.6. The summed E-state index contributed by atoms with van der Waals surface area (Å²) in [7, 11) is 0. The number of hydrogen-bond donors (Lipinski definition) is 1. The zero-order valence-corrected chi connectivity index (χ0v) is 11.6. The van der Waals surface area contributed by atoms with Crippen LogP contribution in [0.25, 0.3) is 0 Å². The second-order valence-corrected chi connectivity index (χ2v) is 6.78. The smallest absolute Gasteiger partial charge is 0.118 e. The summed E-state index contributed by atoms with van der Waals surface area (Å²) in [4.78, 5) is 0. The van der Waals surface area contributed by atoms with Gasteiger partial charge in [0.2, 0.25) is 0 Å². The Balaban J connectivity index is 1.78. The van der Waals surface area contributed by atoms with Gasteiger partial charge in [0.15, 0.2) is 0 Å². The van der Waals surface area contributed by atoms with E-state index in [4.69, 9.17) is 9.47 Å². The van der Waals surface area contributed by atoms with E-state index in [-0.39, 0.29) is 23.4 Å². The van der Waals surface area contributed by atoms with E-state index in [1.807, 2.05) is 6.92 Å². The van der Waals surface area contributed by atoms with Gasteiger partial charge in [-0.25, -0.2) is 0 Å². The van der Waals surface area contributed by atoms with Crippen LogP contribution in [-0.2, 0) is 9.47 Å². The van der Waals surface area contributed by atoms with Crippen molar-refractivity contribution in [2.24, 2.45) is 5.92 Å². The number of aliphatic hydroxyl groups excluding tert-OH is 1. The fourth-order valence-corrected chi connectivity index (χ4v) is 3.40. The number of ether oxygens (including phenoxy) is 2. The first kappa shape index (κ1) is 12.6. The molecule has 2 saturated heterocycles. The molecule has 1 saturated carbocycles. The van der Waals surface area contributed by atoms with Crippen LogP contribution in [0.3, 0.4) is 0 Å². The summed E-state index contributed by atoms with van der Waals surface area (Å²) in [5, 5.41) is 10.4. The lowest BCUT2D eigenvalue weighted by Gasteiger charge is -2.24. The normalized spacial score (nSPS) is 55.1. The number of rotatable bonds is 1. The maximum atomic E-state index is 10.4. The van der Waals surface area contributed by atoms with Crippen LogP contribution in [0.4, 0.5) is 0 Å². The molecule has 2 heterocycles.